The van der Waals surface area contributed by atoms with Gasteiger partial charge in [0.05, 0.1) is 18.4 Å². The van der Waals surface area contributed by atoms with Crippen molar-refractivity contribution in [3.8, 4) is 0 Å². The van der Waals surface area contributed by atoms with Crippen molar-refractivity contribution in [3.05, 3.63) is 57.5 Å². The summed E-state index contributed by atoms with van der Waals surface area (Å²) in [6, 6.07) is 9.70. The summed E-state index contributed by atoms with van der Waals surface area (Å²) in [4.78, 5) is 18.9. The molecule has 0 radical (unpaired) electrons. The maximum atomic E-state index is 11.7. The monoisotopic (exact) mass is 304 g/mol. The molecule has 2 aromatic rings. The van der Waals surface area contributed by atoms with E-state index in [4.69, 9.17) is 4.74 Å². The van der Waals surface area contributed by atoms with E-state index in [9.17, 15) is 4.79 Å². The number of nitrogens with one attached hydrogen (secondary N) is 1. The first kappa shape index (κ1) is 15.8. The highest BCUT2D eigenvalue weighted by Crippen LogP contribution is 2.20. The van der Waals surface area contributed by atoms with Gasteiger partial charge in [0.2, 0.25) is 0 Å². The Balaban J connectivity index is 2.06. The molecule has 1 N–H and O–H groups in total. The van der Waals surface area contributed by atoms with Crippen LogP contribution in [0.15, 0.2) is 40.3 Å². The van der Waals surface area contributed by atoms with Gasteiger partial charge in [-0.15, -0.1) is 0 Å². The number of hydrogen-bond donors (Lipinski definition) is 1. The van der Waals surface area contributed by atoms with Crippen molar-refractivity contribution in [1.82, 2.24) is 9.97 Å². The number of aromatic nitrogens is 2. The molecule has 4 nitrogen and oxygen atoms in total. The first-order chi connectivity index (χ1) is 10.0. The van der Waals surface area contributed by atoms with Gasteiger partial charge in [0, 0.05) is 11.8 Å². The molecule has 0 saturated heterocycles. The molecule has 5 heteroatoms. The lowest BCUT2D eigenvalue weighted by Gasteiger charge is -2.08. The summed E-state index contributed by atoms with van der Waals surface area (Å²) < 4.78 is 5.50. The molecule has 1 heterocycles. The van der Waals surface area contributed by atoms with Crippen LogP contribution in [-0.2, 0) is 17.1 Å². The molecule has 0 saturated carbocycles. The maximum Gasteiger partial charge on any atom is 0.251 e. The molecule has 0 bridgehead atoms. The van der Waals surface area contributed by atoms with Crippen LogP contribution in [-0.4, -0.2) is 16.1 Å². The Hall–Kier alpha value is -1.59. The fraction of sp³-hybridized carbons (Fsp3) is 0.375. The SMILES string of the molecule is Cc1ccccc1CSc1nc(COC(C)C)cc(=O)[nH]1. The molecule has 0 unspecified atom stereocenters. The Kier molecular flexibility index (Phi) is 5.59. The zero-order valence-corrected chi connectivity index (χ0v) is 13.4. The van der Waals surface area contributed by atoms with Gasteiger partial charge in [-0.1, -0.05) is 36.0 Å². The van der Waals surface area contributed by atoms with E-state index in [1.54, 1.807) is 0 Å². The largest absolute Gasteiger partial charge is 0.373 e. The standard InChI is InChI=1S/C16H20N2O2S/c1-11(2)20-9-14-8-15(19)18-16(17-14)21-10-13-7-5-4-6-12(13)3/h4-8,11H,9-10H2,1-3H3,(H,17,18,19). The average molecular weight is 304 g/mol. The van der Waals surface area contributed by atoms with E-state index in [1.165, 1.54) is 29.0 Å². The zero-order chi connectivity index (χ0) is 15.2. The molecule has 0 atom stereocenters. The average Bonchev–Trinajstić information content (AvgIpc) is 2.44. The number of rotatable bonds is 6. The van der Waals surface area contributed by atoms with Crippen molar-refractivity contribution in [1.29, 1.82) is 0 Å². The highest BCUT2D eigenvalue weighted by Gasteiger charge is 2.05. The highest BCUT2D eigenvalue weighted by molar-refractivity contribution is 7.98. The lowest BCUT2D eigenvalue weighted by atomic mass is 10.1. The minimum atomic E-state index is -0.139. The minimum absolute atomic E-state index is 0.120. The van der Waals surface area contributed by atoms with Gasteiger partial charge < -0.3 is 9.72 Å². The molecule has 0 fully saturated rings. The molecule has 112 valence electrons. The van der Waals surface area contributed by atoms with Crippen LogP contribution in [0.1, 0.15) is 30.7 Å². The van der Waals surface area contributed by atoms with E-state index < -0.39 is 0 Å². The molecule has 1 aromatic carbocycles. The molecule has 0 amide bonds. The van der Waals surface area contributed by atoms with Crippen molar-refractivity contribution in [3.63, 3.8) is 0 Å². The summed E-state index contributed by atoms with van der Waals surface area (Å²) in [7, 11) is 0. The predicted octanol–water partition coefficient (Wildman–Crippen LogP) is 3.30. The minimum Gasteiger partial charge on any atom is -0.373 e. The van der Waals surface area contributed by atoms with E-state index in [0.29, 0.717) is 17.5 Å². The number of thioether (sulfide) groups is 1. The van der Waals surface area contributed by atoms with Crippen molar-refractivity contribution < 1.29 is 4.74 Å². The van der Waals surface area contributed by atoms with E-state index in [0.717, 1.165) is 5.75 Å². The third-order valence-electron chi connectivity index (χ3n) is 2.96. The van der Waals surface area contributed by atoms with Gasteiger partial charge in [0.1, 0.15) is 0 Å². The van der Waals surface area contributed by atoms with E-state index in [2.05, 4.69) is 29.0 Å². The van der Waals surface area contributed by atoms with Crippen LogP contribution in [0.2, 0.25) is 0 Å². The molecule has 0 aliphatic carbocycles. The molecule has 0 spiro atoms. The fourth-order valence-corrected chi connectivity index (χ4v) is 2.77. The second-order valence-corrected chi connectivity index (χ2v) is 6.08. The summed E-state index contributed by atoms with van der Waals surface area (Å²) in [6.07, 6.45) is 0.120. The number of nitrogens with zero attached hydrogens (tertiary/aromatic N) is 1. The molecule has 0 aliphatic heterocycles. The Morgan fingerprint density at radius 2 is 2.10 bits per heavy atom. The van der Waals surface area contributed by atoms with Crippen LogP contribution >= 0.6 is 11.8 Å². The second kappa shape index (κ2) is 7.43. The van der Waals surface area contributed by atoms with Crippen LogP contribution in [0.3, 0.4) is 0 Å². The van der Waals surface area contributed by atoms with Crippen LogP contribution in [0.25, 0.3) is 0 Å². The first-order valence-electron chi connectivity index (χ1n) is 6.94. The van der Waals surface area contributed by atoms with E-state index >= 15 is 0 Å². The van der Waals surface area contributed by atoms with Gasteiger partial charge in [0.25, 0.3) is 5.56 Å². The summed E-state index contributed by atoms with van der Waals surface area (Å²) in [6.45, 7) is 6.36. The second-order valence-electron chi connectivity index (χ2n) is 5.12. The zero-order valence-electron chi connectivity index (χ0n) is 12.6. The predicted molar refractivity (Wildman–Crippen MR) is 85.5 cm³/mol. The number of aromatic amines is 1. The van der Waals surface area contributed by atoms with Crippen LogP contribution in [0.5, 0.6) is 0 Å². The lowest BCUT2D eigenvalue weighted by Crippen LogP contribution is -2.12. The van der Waals surface area contributed by atoms with Gasteiger partial charge in [-0.05, 0) is 31.9 Å². The Bertz CT molecular complexity index is 653. The van der Waals surface area contributed by atoms with Crippen molar-refractivity contribution in [2.24, 2.45) is 0 Å². The van der Waals surface area contributed by atoms with Crippen molar-refractivity contribution in [2.45, 2.75) is 44.4 Å². The molecular weight excluding hydrogens is 284 g/mol. The lowest BCUT2D eigenvalue weighted by molar-refractivity contribution is 0.0631. The Morgan fingerprint density at radius 3 is 2.81 bits per heavy atom. The van der Waals surface area contributed by atoms with E-state index in [-0.39, 0.29) is 11.7 Å². The number of benzene rings is 1. The van der Waals surface area contributed by atoms with Gasteiger partial charge in [-0.25, -0.2) is 4.98 Å². The smallest absolute Gasteiger partial charge is 0.251 e. The summed E-state index contributed by atoms with van der Waals surface area (Å²) in [5.74, 6) is 0.782. The molecule has 0 aliphatic rings. The van der Waals surface area contributed by atoms with Crippen LogP contribution < -0.4 is 5.56 Å². The molecule has 21 heavy (non-hydrogen) atoms. The number of ether oxygens (including phenoxy) is 1. The number of H-pyrrole nitrogens is 1. The van der Waals surface area contributed by atoms with Gasteiger partial charge in [0.15, 0.2) is 5.16 Å². The van der Waals surface area contributed by atoms with Gasteiger partial charge in [-0.3, -0.25) is 4.79 Å². The molecular formula is C16H20N2O2S. The number of hydrogen-bond acceptors (Lipinski definition) is 4. The quantitative estimate of drug-likeness (QED) is 0.657. The third-order valence-corrected chi connectivity index (χ3v) is 3.89. The summed E-state index contributed by atoms with van der Waals surface area (Å²) >= 11 is 1.53. The highest BCUT2D eigenvalue weighted by atomic mass is 32.2. The fourth-order valence-electron chi connectivity index (χ4n) is 1.80. The van der Waals surface area contributed by atoms with Gasteiger partial charge in [-0.2, -0.15) is 0 Å². The summed E-state index contributed by atoms with van der Waals surface area (Å²) in [5.41, 5.74) is 3.01. The normalized spacial score (nSPS) is 11.0. The van der Waals surface area contributed by atoms with Gasteiger partial charge >= 0.3 is 0 Å². The molecule has 2 rings (SSSR count). The summed E-state index contributed by atoms with van der Waals surface area (Å²) in [5, 5.41) is 0.633. The number of aryl methyl sites for hydroxylation is 1. The van der Waals surface area contributed by atoms with Crippen LogP contribution in [0.4, 0.5) is 0 Å². The van der Waals surface area contributed by atoms with Crippen LogP contribution in [0, 0.1) is 6.92 Å². The Labute approximate surface area is 129 Å². The molecule has 1 aromatic heterocycles. The van der Waals surface area contributed by atoms with E-state index in [1.807, 2.05) is 26.0 Å². The maximum absolute atomic E-state index is 11.7. The van der Waals surface area contributed by atoms with Crippen molar-refractivity contribution in [2.75, 3.05) is 0 Å². The third kappa shape index (κ3) is 5.02. The van der Waals surface area contributed by atoms with Crippen molar-refractivity contribution >= 4 is 11.8 Å². The Morgan fingerprint density at radius 1 is 1.33 bits per heavy atom. The topological polar surface area (TPSA) is 55.0 Å². The first-order valence-corrected chi connectivity index (χ1v) is 7.92.